The van der Waals surface area contributed by atoms with Gasteiger partial charge in [-0.2, -0.15) is 0 Å². The Morgan fingerprint density at radius 1 is 1.36 bits per heavy atom. The fourth-order valence-electron chi connectivity index (χ4n) is 2.96. The summed E-state index contributed by atoms with van der Waals surface area (Å²) in [5.74, 6) is -0.295. The number of carbonyl (C=O) groups is 2. The Balaban J connectivity index is 1.90. The summed E-state index contributed by atoms with van der Waals surface area (Å²) >= 11 is 0. The third-order valence-corrected chi connectivity index (χ3v) is 4.03. The normalized spacial score (nSPS) is 19.6. The van der Waals surface area contributed by atoms with E-state index in [2.05, 4.69) is 5.32 Å². The number of carbonyl (C=O) groups excluding carboxylic acids is 2. The Labute approximate surface area is 144 Å². The Morgan fingerprint density at radius 2 is 2.08 bits per heavy atom. The summed E-state index contributed by atoms with van der Waals surface area (Å²) in [5.41, 5.74) is 1.60. The van der Waals surface area contributed by atoms with Gasteiger partial charge in [-0.3, -0.25) is 14.9 Å². The van der Waals surface area contributed by atoms with E-state index in [4.69, 9.17) is 4.74 Å². The van der Waals surface area contributed by atoms with Crippen LogP contribution >= 0.6 is 0 Å². The molecule has 0 spiro atoms. The van der Waals surface area contributed by atoms with Gasteiger partial charge in [0.25, 0.3) is 11.6 Å². The van der Waals surface area contributed by atoms with Crippen LogP contribution in [0.1, 0.15) is 32.8 Å². The summed E-state index contributed by atoms with van der Waals surface area (Å²) in [6.07, 6.45) is 0.102. The lowest BCUT2D eigenvalue weighted by molar-refractivity contribution is -0.384. The second-order valence-corrected chi connectivity index (χ2v) is 7.07. The van der Waals surface area contributed by atoms with Crippen LogP contribution < -0.4 is 5.32 Å². The van der Waals surface area contributed by atoms with Crippen LogP contribution in [0, 0.1) is 10.1 Å². The number of nitrogens with zero attached hydrogens (tertiary/aromatic N) is 2. The second-order valence-electron chi connectivity index (χ2n) is 7.07. The van der Waals surface area contributed by atoms with Gasteiger partial charge in [-0.25, -0.2) is 4.79 Å². The van der Waals surface area contributed by atoms with Crippen molar-refractivity contribution >= 4 is 28.9 Å². The number of nitro groups is 1. The number of hydrogen-bond donors (Lipinski definition) is 1. The zero-order valence-corrected chi connectivity index (χ0v) is 14.3. The van der Waals surface area contributed by atoms with Gasteiger partial charge >= 0.3 is 6.09 Å². The summed E-state index contributed by atoms with van der Waals surface area (Å²) < 4.78 is 5.35. The van der Waals surface area contributed by atoms with Crippen molar-refractivity contribution in [3.05, 3.63) is 39.4 Å². The molecule has 8 nitrogen and oxygen atoms in total. The highest BCUT2D eigenvalue weighted by Crippen LogP contribution is 2.38. The molecule has 3 rings (SSSR count). The number of likely N-dealkylation sites (tertiary alicyclic amines) is 1. The quantitative estimate of drug-likeness (QED) is 0.479. The van der Waals surface area contributed by atoms with E-state index in [1.54, 1.807) is 20.8 Å². The standard InChI is InChI=1S/C17H19N3O5/c1-17(2,3)25-16(22)19-7-6-10(9-19)14-12-8-11(20(23)24)4-5-13(12)18-15(14)21/h4-5,8H,6-7,9H2,1-3H3,(H,18,21). The number of nitro benzene ring substituents is 1. The van der Waals surface area contributed by atoms with Crippen molar-refractivity contribution in [1.82, 2.24) is 4.90 Å². The van der Waals surface area contributed by atoms with E-state index in [-0.39, 0.29) is 18.1 Å². The molecule has 0 aromatic heterocycles. The molecule has 0 saturated carbocycles. The van der Waals surface area contributed by atoms with E-state index in [0.717, 1.165) is 5.57 Å². The van der Waals surface area contributed by atoms with E-state index in [9.17, 15) is 19.7 Å². The maximum atomic E-state index is 12.3. The van der Waals surface area contributed by atoms with Crippen LogP contribution in [-0.4, -0.2) is 40.5 Å². The molecule has 0 bridgehead atoms. The molecule has 2 amide bonds. The molecule has 0 aliphatic carbocycles. The van der Waals surface area contributed by atoms with Crippen molar-refractivity contribution in [2.75, 3.05) is 18.4 Å². The van der Waals surface area contributed by atoms with Gasteiger partial charge in [-0.1, -0.05) is 0 Å². The monoisotopic (exact) mass is 345 g/mol. The van der Waals surface area contributed by atoms with Crippen molar-refractivity contribution in [1.29, 1.82) is 0 Å². The van der Waals surface area contributed by atoms with Gasteiger partial charge < -0.3 is 15.0 Å². The maximum absolute atomic E-state index is 12.3. The van der Waals surface area contributed by atoms with Gasteiger partial charge in [0, 0.05) is 36.5 Å². The van der Waals surface area contributed by atoms with E-state index >= 15 is 0 Å². The van der Waals surface area contributed by atoms with Crippen molar-refractivity contribution in [2.24, 2.45) is 0 Å². The molecular weight excluding hydrogens is 326 g/mol. The number of ether oxygens (including phenoxy) is 1. The van der Waals surface area contributed by atoms with E-state index in [0.29, 0.717) is 29.8 Å². The van der Waals surface area contributed by atoms with Gasteiger partial charge in [-0.15, -0.1) is 0 Å². The summed E-state index contributed by atoms with van der Waals surface area (Å²) in [7, 11) is 0. The lowest BCUT2D eigenvalue weighted by atomic mass is 10.00. The number of amides is 2. The Kier molecular flexibility index (Phi) is 3.98. The third-order valence-electron chi connectivity index (χ3n) is 4.03. The van der Waals surface area contributed by atoms with Crippen LogP contribution in [0.15, 0.2) is 23.8 Å². The van der Waals surface area contributed by atoms with Crippen LogP contribution in [0.3, 0.4) is 0 Å². The summed E-state index contributed by atoms with van der Waals surface area (Å²) in [4.78, 5) is 36.6. The van der Waals surface area contributed by atoms with E-state index in [1.165, 1.54) is 23.1 Å². The molecule has 25 heavy (non-hydrogen) atoms. The molecule has 1 aromatic rings. The molecule has 2 aliphatic heterocycles. The fourth-order valence-corrected chi connectivity index (χ4v) is 2.96. The molecule has 2 aliphatic rings. The molecule has 1 fully saturated rings. The number of hydrogen-bond acceptors (Lipinski definition) is 5. The van der Waals surface area contributed by atoms with Crippen molar-refractivity contribution in [3.63, 3.8) is 0 Å². The SMILES string of the molecule is CC(C)(C)OC(=O)N1CCC(=C2C(=O)Nc3ccc([N+](=O)[O-])cc32)C1. The molecule has 1 saturated heterocycles. The number of rotatable bonds is 1. The first-order valence-corrected chi connectivity index (χ1v) is 7.96. The van der Waals surface area contributed by atoms with Crippen molar-refractivity contribution < 1.29 is 19.2 Å². The van der Waals surface area contributed by atoms with Gasteiger partial charge in [-0.05, 0) is 38.8 Å². The zero-order valence-electron chi connectivity index (χ0n) is 14.3. The predicted octanol–water partition coefficient (Wildman–Crippen LogP) is 2.94. The van der Waals surface area contributed by atoms with Crippen LogP contribution in [0.4, 0.5) is 16.2 Å². The summed E-state index contributed by atoms with van der Waals surface area (Å²) in [6, 6.07) is 4.28. The number of anilines is 1. The Morgan fingerprint density at radius 3 is 2.72 bits per heavy atom. The minimum Gasteiger partial charge on any atom is -0.444 e. The summed E-state index contributed by atoms with van der Waals surface area (Å²) in [6.45, 7) is 6.10. The molecule has 0 unspecified atom stereocenters. The zero-order chi connectivity index (χ0) is 18.4. The average molecular weight is 345 g/mol. The first-order valence-electron chi connectivity index (χ1n) is 7.96. The van der Waals surface area contributed by atoms with Crippen LogP contribution in [0.2, 0.25) is 0 Å². The first kappa shape index (κ1) is 16.9. The Bertz CT molecular complexity index is 807. The van der Waals surface area contributed by atoms with Crippen molar-refractivity contribution in [2.45, 2.75) is 32.8 Å². The summed E-state index contributed by atoms with van der Waals surface area (Å²) in [5, 5.41) is 13.7. The predicted molar refractivity (Wildman–Crippen MR) is 91.1 cm³/mol. The van der Waals surface area contributed by atoms with Gasteiger partial charge in [0.05, 0.1) is 10.5 Å². The number of benzene rings is 1. The van der Waals surface area contributed by atoms with Gasteiger partial charge in [0.1, 0.15) is 5.60 Å². The maximum Gasteiger partial charge on any atom is 0.410 e. The van der Waals surface area contributed by atoms with Gasteiger partial charge in [0.2, 0.25) is 0 Å². The van der Waals surface area contributed by atoms with Crippen LogP contribution in [0.25, 0.3) is 5.57 Å². The molecule has 8 heteroatoms. The lowest BCUT2D eigenvalue weighted by Gasteiger charge is -2.24. The van der Waals surface area contributed by atoms with Crippen molar-refractivity contribution in [3.8, 4) is 0 Å². The Hall–Kier alpha value is -2.90. The molecule has 2 heterocycles. The molecule has 1 aromatic carbocycles. The molecule has 1 N–H and O–H groups in total. The smallest absolute Gasteiger partial charge is 0.410 e. The average Bonchev–Trinajstić information content (AvgIpc) is 3.07. The largest absolute Gasteiger partial charge is 0.444 e. The van der Waals surface area contributed by atoms with E-state index in [1.807, 2.05) is 0 Å². The van der Waals surface area contributed by atoms with Crippen LogP contribution in [-0.2, 0) is 9.53 Å². The topological polar surface area (TPSA) is 102 Å². The molecule has 0 radical (unpaired) electrons. The minimum atomic E-state index is -0.592. The molecule has 0 atom stereocenters. The first-order chi connectivity index (χ1) is 11.7. The number of non-ortho nitro benzene ring substituents is 1. The van der Waals surface area contributed by atoms with Crippen LogP contribution in [0.5, 0.6) is 0 Å². The lowest BCUT2D eigenvalue weighted by Crippen LogP contribution is -2.34. The fraction of sp³-hybridized carbons (Fsp3) is 0.412. The molecular formula is C17H19N3O5. The highest BCUT2D eigenvalue weighted by Gasteiger charge is 2.34. The molecule has 132 valence electrons. The highest BCUT2D eigenvalue weighted by atomic mass is 16.6. The number of fused-ring (bicyclic) bond motifs is 1. The van der Waals surface area contributed by atoms with Gasteiger partial charge in [0.15, 0.2) is 0 Å². The second kappa shape index (κ2) is 5.87. The highest BCUT2D eigenvalue weighted by molar-refractivity contribution is 6.32. The van der Waals surface area contributed by atoms with E-state index < -0.39 is 16.6 Å². The minimum absolute atomic E-state index is 0.0738. The number of nitrogens with one attached hydrogen (secondary N) is 1. The third kappa shape index (κ3) is 3.33.